The highest BCUT2D eigenvalue weighted by molar-refractivity contribution is 7.90. The van der Waals surface area contributed by atoms with Crippen LogP contribution in [0.4, 0.5) is 6.01 Å². The van der Waals surface area contributed by atoms with Gasteiger partial charge in [0.1, 0.15) is 11.9 Å². The Kier molecular flexibility index (Phi) is 4.15. The number of rotatable bonds is 5. The Morgan fingerprint density at radius 1 is 1.20 bits per heavy atom. The van der Waals surface area contributed by atoms with Gasteiger partial charge in [0.15, 0.2) is 15.7 Å². The summed E-state index contributed by atoms with van der Waals surface area (Å²) in [5.41, 5.74) is 0. The van der Waals surface area contributed by atoms with Crippen LogP contribution in [0.5, 0.6) is 5.75 Å². The van der Waals surface area contributed by atoms with Crippen molar-refractivity contribution in [2.45, 2.75) is 42.6 Å². The minimum Gasteiger partial charge on any atom is -0.490 e. The zero-order valence-corrected chi connectivity index (χ0v) is 14.9. The van der Waals surface area contributed by atoms with Gasteiger partial charge in [-0.15, -0.1) is 0 Å². The van der Waals surface area contributed by atoms with Gasteiger partial charge in [-0.25, -0.2) is 8.42 Å². The van der Waals surface area contributed by atoms with Crippen molar-refractivity contribution in [3.63, 3.8) is 0 Å². The van der Waals surface area contributed by atoms with Crippen molar-refractivity contribution >= 4 is 15.9 Å². The number of sulfone groups is 1. The summed E-state index contributed by atoms with van der Waals surface area (Å²) in [5, 5.41) is 4.06. The number of ether oxygens (including phenoxy) is 1. The topological polar surface area (TPSA) is 85.5 Å². The zero-order valence-electron chi connectivity index (χ0n) is 14.1. The molecule has 2 heterocycles. The van der Waals surface area contributed by atoms with Crippen molar-refractivity contribution < 1.29 is 17.7 Å². The summed E-state index contributed by atoms with van der Waals surface area (Å²) >= 11 is 0. The van der Waals surface area contributed by atoms with Crippen LogP contribution in [0.1, 0.15) is 37.4 Å². The molecular formula is C17H21N3O4S. The first-order valence-electron chi connectivity index (χ1n) is 8.54. The van der Waals surface area contributed by atoms with E-state index in [0.29, 0.717) is 17.7 Å². The summed E-state index contributed by atoms with van der Waals surface area (Å²) in [6.07, 6.45) is 5.21. The summed E-state index contributed by atoms with van der Waals surface area (Å²) in [7, 11) is -3.23. The standard InChI is InChI=1S/C17H21N3O4S/c1-25(21,22)15-4-2-3-14(11-15)23-13-7-9-20(10-8-13)17-18-16(19-24-17)12-5-6-12/h2-4,11-13H,5-10H2,1H3. The van der Waals surface area contributed by atoms with Gasteiger partial charge in [-0.3, -0.25) is 0 Å². The molecule has 0 atom stereocenters. The molecule has 0 bridgehead atoms. The van der Waals surface area contributed by atoms with E-state index in [2.05, 4.69) is 15.0 Å². The van der Waals surface area contributed by atoms with Crippen LogP contribution in [0.25, 0.3) is 0 Å². The van der Waals surface area contributed by atoms with E-state index in [-0.39, 0.29) is 11.0 Å². The minimum atomic E-state index is -3.23. The molecule has 0 unspecified atom stereocenters. The average molecular weight is 363 g/mol. The molecule has 8 heteroatoms. The van der Waals surface area contributed by atoms with E-state index in [1.165, 1.54) is 6.26 Å². The quantitative estimate of drug-likeness (QED) is 0.806. The molecule has 25 heavy (non-hydrogen) atoms. The molecule has 2 fully saturated rings. The first-order chi connectivity index (χ1) is 12.0. The molecule has 1 aliphatic heterocycles. The Balaban J connectivity index is 1.35. The van der Waals surface area contributed by atoms with Crippen LogP contribution in [0, 0.1) is 0 Å². The molecule has 0 amide bonds. The van der Waals surface area contributed by atoms with E-state index in [0.717, 1.165) is 44.6 Å². The monoisotopic (exact) mass is 363 g/mol. The predicted molar refractivity (Wildman–Crippen MR) is 91.7 cm³/mol. The van der Waals surface area contributed by atoms with Gasteiger partial charge in [0.2, 0.25) is 0 Å². The Labute approximate surface area is 146 Å². The maximum Gasteiger partial charge on any atom is 0.324 e. The van der Waals surface area contributed by atoms with Crippen LogP contribution in [0.2, 0.25) is 0 Å². The molecule has 1 saturated heterocycles. The molecule has 1 aromatic carbocycles. The van der Waals surface area contributed by atoms with Crippen LogP contribution in [-0.4, -0.2) is 44.0 Å². The fraction of sp³-hybridized carbons (Fsp3) is 0.529. The van der Waals surface area contributed by atoms with Gasteiger partial charge in [-0.2, -0.15) is 4.98 Å². The van der Waals surface area contributed by atoms with Gasteiger partial charge in [0.05, 0.1) is 4.90 Å². The van der Waals surface area contributed by atoms with Gasteiger partial charge < -0.3 is 14.2 Å². The Morgan fingerprint density at radius 2 is 1.96 bits per heavy atom. The lowest BCUT2D eigenvalue weighted by Gasteiger charge is -2.30. The maximum atomic E-state index is 11.6. The number of hydrogen-bond acceptors (Lipinski definition) is 7. The second kappa shape index (κ2) is 6.33. The smallest absolute Gasteiger partial charge is 0.324 e. The molecule has 4 rings (SSSR count). The molecule has 134 valence electrons. The number of hydrogen-bond donors (Lipinski definition) is 0. The molecule has 7 nitrogen and oxygen atoms in total. The molecule has 0 N–H and O–H groups in total. The fourth-order valence-corrected chi connectivity index (χ4v) is 3.65. The number of aromatic nitrogens is 2. The van der Waals surface area contributed by atoms with Crippen molar-refractivity contribution in [3.05, 3.63) is 30.1 Å². The first kappa shape index (κ1) is 16.4. The predicted octanol–water partition coefficient (Wildman–Crippen LogP) is 2.40. The number of benzene rings is 1. The maximum absolute atomic E-state index is 11.6. The normalized spacial score (nSPS) is 19.2. The van der Waals surface area contributed by atoms with E-state index < -0.39 is 9.84 Å². The Hall–Kier alpha value is -2.09. The van der Waals surface area contributed by atoms with Gasteiger partial charge in [-0.1, -0.05) is 11.2 Å². The second-order valence-electron chi connectivity index (χ2n) is 6.76. The third-order valence-corrected chi connectivity index (χ3v) is 5.73. The Bertz CT molecular complexity index is 852. The highest BCUT2D eigenvalue weighted by Crippen LogP contribution is 2.39. The summed E-state index contributed by atoms with van der Waals surface area (Å²) in [6, 6.07) is 7.26. The van der Waals surface area contributed by atoms with Crippen molar-refractivity contribution in [3.8, 4) is 5.75 Å². The number of piperidine rings is 1. The summed E-state index contributed by atoms with van der Waals surface area (Å²) < 4.78 is 34.6. The van der Waals surface area contributed by atoms with Crippen molar-refractivity contribution in [1.29, 1.82) is 0 Å². The number of anilines is 1. The highest BCUT2D eigenvalue weighted by Gasteiger charge is 2.31. The van der Waals surface area contributed by atoms with E-state index in [1.54, 1.807) is 24.3 Å². The van der Waals surface area contributed by atoms with Crippen LogP contribution in [0.3, 0.4) is 0 Å². The van der Waals surface area contributed by atoms with Crippen LogP contribution in [-0.2, 0) is 9.84 Å². The van der Waals surface area contributed by atoms with Gasteiger partial charge in [0, 0.05) is 38.1 Å². The lowest BCUT2D eigenvalue weighted by molar-refractivity contribution is 0.168. The SMILES string of the molecule is CS(=O)(=O)c1cccc(OC2CCN(c3nc(C4CC4)no3)CC2)c1. The average Bonchev–Trinajstić information content (AvgIpc) is 3.32. The largest absolute Gasteiger partial charge is 0.490 e. The van der Waals surface area contributed by atoms with E-state index in [9.17, 15) is 8.42 Å². The van der Waals surface area contributed by atoms with Crippen LogP contribution in [0.15, 0.2) is 33.7 Å². The van der Waals surface area contributed by atoms with Gasteiger partial charge in [-0.05, 0) is 31.0 Å². The molecular weight excluding hydrogens is 342 g/mol. The van der Waals surface area contributed by atoms with E-state index >= 15 is 0 Å². The third kappa shape index (κ3) is 3.78. The molecule has 2 aromatic rings. The van der Waals surface area contributed by atoms with Gasteiger partial charge >= 0.3 is 6.01 Å². The van der Waals surface area contributed by atoms with Crippen molar-refractivity contribution in [2.75, 3.05) is 24.2 Å². The van der Waals surface area contributed by atoms with Gasteiger partial charge in [0.25, 0.3) is 0 Å². The highest BCUT2D eigenvalue weighted by atomic mass is 32.2. The Morgan fingerprint density at radius 3 is 2.64 bits per heavy atom. The lowest BCUT2D eigenvalue weighted by Crippen LogP contribution is -2.38. The molecule has 0 radical (unpaired) electrons. The minimum absolute atomic E-state index is 0.0527. The van der Waals surface area contributed by atoms with Crippen LogP contribution >= 0.6 is 0 Å². The summed E-state index contributed by atoms with van der Waals surface area (Å²) in [5.74, 6) is 1.90. The van der Waals surface area contributed by atoms with E-state index in [4.69, 9.17) is 9.26 Å². The summed E-state index contributed by atoms with van der Waals surface area (Å²) in [4.78, 5) is 6.85. The molecule has 1 aromatic heterocycles. The number of nitrogens with zero attached hydrogens (tertiary/aromatic N) is 3. The molecule has 1 saturated carbocycles. The second-order valence-corrected chi connectivity index (χ2v) is 8.78. The van der Waals surface area contributed by atoms with E-state index in [1.807, 2.05) is 0 Å². The van der Waals surface area contributed by atoms with Crippen molar-refractivity contribution in [1.82, 2.24) is 10.1 Å². The molecule has 2 aliphatic rings. The summed E-state index contributed by atoms with van der Waals surface area (Å²) in [6.45, 7) is 1.56. The fourth-order valence-electron chi connectivity index (χ4n) is 3.00. The molecule has 0 spiro atoms. The third-order valence-electron chi connectivity index (χ3n) is 4.62. The molecule has 1 aliphatic carbocycles. The lowest BCUT2D eigenvalue weighted by atomic mass is 10.1. The van der Waals surface area contributed by atoms with Crippen LogP contribution < -0.4 is 9.64 Å². The first-order valence-corrected chi connectivity index (χ1v) is 10.4. The van der Waals surface area contributed by atoms with Crippen molar-refractivity contribution in [2.24, 2.45) is 0 Å². The zero-order chi connectivity index (χ0) is 17.4.